The molecule has 0 bridgehead atoms. The molecule has 112 valence electrons. The van der Waals surface area contributed by atoms with E-state index in [9.17, 15) is 0 Å². The van der Waals surface area contributed by atoms with Crippen LogP contribution in [-0.4, -0.2) is 33.4 Å². The van der Waals surface area contributed by atoms with Gasteiger partial charge in [0.15, 0.2) is 0 Å². The third kappa shape index (κ3) is 4.43. The molecule has 1 saturated heterocycles. The van der Waals surface area contributed by atoms with Crippen molar-refractivity contribution >= 4 is 27.5 Å². The molecule has 3 nitrogen and oxygen atoms in total. The molecule has 5 heteroatoms. The van der Waals surface area contributed by atoms with Crippen LogP contribution >= 0.6 is 27.5 Å². The van der Waals surface area contributed by atoms with Crippen LogP contribution in [0.1, 0.15) is 24.5 Å². The number of methoxy groups -OCH3 is 1. The van der Waals surface area contributed by atoms with Gasteiger partial charge in [-0.25, -0.2) is 0 Å². The number of halogens is 2. The van der Waals surface area contributed by atoms with E-state index in [1.807, 2.05) is 12.1 Å². The lowest BCUT2D eigenvalue weighted by Crippen LogP contribution is -2.33. The average Bonchev–Trinajstić information content (AvgIpc) is 2.44. The van der Waals surface area contributed by atoms with Crippen LogP contribution in [0.2, 0.25) is 5.02 Å². The molecular formula is C15H21BrClNO2. The summed E-state index contributed by atoms with van der Waals surface area (Å²) in [5.41, 5.74) is 1.19. The van der Waals surface area contributed by atoms with Crippen LogP contribution < -0.4 is 5.32 Å². The van der Waals surface area contributed by atoms with Gasteiger partial charge in [0.2, 0.25) is 0 Å². The van der Waals surface area contributed by atoms with E-state index >= 15 is 0 Å². The van der Waals surface area contributed by atoms with Gasteiger partial charge in [-0.2, -0.15) is 0 Å². The van der Waals surface area contributed by atoms with E-state index in [1.165, 1.54) is 12.0 Å². The second kappa shape index (κ2) is 8.35. The van der Waals surface area contributed by atoms with Crippen molar-refractivity contribution in [2.75, 3.05) is 33.4 Å². The van der Waals surface area contributed by atoms with Crippen molar-refractivity contribution in [2.24, 2.45) is 5.92 Å². The number of nitrogens with one attached hydrogen (secondary N) is 1. The Labute approximate surface area is 134 Å². The van der Waals surface area contributed by atoms with E-state index in [4.69, 9.17) is 21.1 Å². The van der Waals surface area contributed by atoms with Crippen molar-refractivity contribution in [3.8, 4) is 0 Å². The topological polar surface area (TPSA) is 30.5 Å². The Morgan fingerprint density at radius 2 is 2.35 bits per heavy atom. The first kappa shape index (κ1) is 16.2. The molecule has 1 fully saturated rings. The lowest BCUT2D eigenvalue weighted by atomic mass is 9.89. The van der Waals surface area contributed by atoms with E-state index in [1.54, 1.807) is 7.11 Å². The Kier molecular flexibility index (Phi) is 6.78. The van der Waals surface area contributed by atoms with E-state index in [-0.39, 0.29) is 6.10 Å². The zero-order valence-corrected chi connectivity index (χ0v) is 14.0. The first-order chi connectivity index (χ1) is 9.72. The SMILES string of the molecule is COCCNCC1CCCOC1c1ccc(Cl)cc1Br. The summed E-state index contributed by atoms with van der Waals surface area (Å²) in [6.07, 6.45) is 2.43. The summed E-state index contributed by atoms with van der Waals surface area (Å²) in [5.74, 6) is 0.484. The summed E-state index contributed by atoms with van der Waals surface area (Å²) < 4.78 is 12.1. The number of rotatable bonds is 6. The van der Waals surface area contributed by atoms with Crippen molar-refractivity contribution < 1.29 is 9.47 Å². The monoisotopic (exact) mass is 361 g/mol. The Balaban J connectivity index is 2.02. The fourth-order valence-corrected chi connectivity index (χ4v) is 3.50. The molecule has 2 atom stereocenters. The normalized spacial score (nSPS) is 22.9. The molecule has 0 spiro atoms. The highest BCUT2D eigenvalue weighted by molar-refractivity contribution is 9.10. The Bertz CT molecular complexity index is 430. The molecule has 1 heterocycles. The molecule has 1 aliphatic rings. The molecule has 0 amide bonds. The molecule has 1 aromatic carbocycles. The summed E-state index contributed by atoms with van der Waals surface area (Å²) in [6, 6.07) is 5.92. The van der Waals surface area contributed by atoms with Crippen molar-refractivity contribution in [3.63, 3.8) is 0 Å². The molecule has 1 aromatic rings. The molecule has 0 aromatic heterocycles. The minimum atomic E-state index is 0.130. The fourth-order valence-electron chi connectivity index (χ4n) is 2.59. The Morgan fingerprint density at radius 3 is 3.10 bits per heavy atom. The van der Waals surface area contributed by atoms with Gasteiger partial charge in [-0.3, -0.25) is 0 Å². The van der Waals surface area contributed by atoms with Crippen molar-refractivity contribution in [3.05, 3.63) is 33.3 Å². The second-order valence-corrected chi connectivity index (χ2v) is 6.35. The third-order valence-corrected chi connectivity index (χ3v) is 4.53. The summed E-state index contributed by atoms with van der Waals surface area (Å²) in [4.78, 5) is 0. The third-order valence-electron chi connectivity index (χ3n) is 3.60. The molecule has 1 N–H and O–H groups in total. The van der Waals surface area contributed by atoms with Gasteiger partial charge in [-0.15, -0.1) is 0 Å². The van der Waals surface area contributed by atoms with E-state index in [0.717, 1.165) is 42.2 Å². The maximum Gasteiger partial charge on any atom is 0.0876 e. The average molecular weight is 363 g/mol. The summed E-state index contributed by atoms with van der Waals surface area (Å²) >= 11 is 9.61. The predicted octanol–water partition coefficient (Wildman–Crippen LogP) is 3.81. The quantitative estimate of drug-likeness (QED) is 0.781. The Hall–Kier alpha value is -0.130. The van der Waals surface area contributed by atoms with E-state index in [0.29, 0.717) is 5.92 Å². The summed E-state index contributed by atoms with van der Waals surface area (Å²) in [5, 5.41) is 4.18. The van der Waals surface area contributed by atoms with Crippen molar-refractivity contribution in [1.82, 2.24) is 5.32 Å². The zero-order chi connectivity index (χ0) is 14.4. The van der Waals surface area contributed by atoms with Gasteiger partial charge in [0.05, 0.1) is 12.7 Å². The van der Waals surface area contributed by atoms with Gasteiger partial charge in [-0.05, 0) is 30.5 Å². The molecule has 0 radical (unpaired) electrons. The van der Waals surface area contributed by atoms with E-state index < -0.39 is 0 Å². The molecule has 2 rings (SSSR count). The van der Waals surface area contributed by atoms with Crippen molar-refractivity contribution in [2.45, 2.75) is 18.9 Å². The summed E-state index contributed by atoms with van der Waals surface area (Å²) in [6.45, 7) is 3.39. The lowest BCUT2D eigenvalue weighted by molar-refractivity contribution is -0.0284. The van der Waals surface area contributed by atoms with Gasteiger partial charge >= 0.3 is 0 Å². The fraction of sp³-hybridized carbons (Fsp3) is 0.600. The highest BCUT2D eigenvalue weighted by atomic mass is 79.9. The smallest absolute Gasteiger partial charge is 0.0876 e. The number of benzene rings is 1. The van der Waals surface area contributed by atoms with Crippen molar-refractivity contribution in [1.29, 1.82) is 0 Å². The van der Waals surface area contributed by atoms with Gasteiger partial charge in [0, 0.05) is 42.2 Å². The predicted molar refractivity (Wildman–Crippen MR) is 85.3 cm³/mol. The first-order valence-electron chi connectivity index (χ1n) is 6.98. The number of hydrogen-bond donors (Lipinski definition) is 1. The minimum absolute atomic E-state index is 0.130. The van der Waals surface area contributed by atoms with Crippen LogP contribution in [0.5, 0.6) is 0 Å². The van der Waals surface area contributed by atoms with Crippen LogP contribution in [-0.2, 0) is 9.47 Å². The molecule has 0 aliphatic carbocycles. The standard InChI is InChI=1S/C15H21BrClNO2/c1-19-8-6-18-10-11-3-2-7-20-15(11)13-5-4-12(17)9-14(13)16/h4-5,9,11,15,18H,2-3,6-8,10H2,1H3. The van der Waals surface area contributed by atoms with Crippen LogP contribution in [0.3, 0.4) is 0 Å². The van der Waals surface area contributed by atoms with Gasteiger partial charge in [-0.1, -0.05) is 33.6 Å². The van der Waals surface area contributed by atoms with Crippen LogP contribution in [0.25, 0.3) is 0 Å². The van der Waals surface area contributed by atoms with Gasteiger partial charge in [0.1, 0.15) is 0 Å². The highest BCUT2D eigenvalue weighted by Gasteiger charge is 2.28. The summed E-state index contributed by atoms with van der Waals surface area (Å²) in [7, 11) is 1.72. The molecule has 20 heavy (non-hydrogen) atoms. The molecule has 2 unspecified atom stereocenters. The maximum absolute atomic E-state index is 6.01. The maximum atomic E-state index is 6.01. The van der Waals surface area contributed by atoms with Crippen LogP contribution in [0.4, 0.5) is 0 Å². The largest absolute Gasteiger partial charge is 0.383 e. The minimum Gasteiger partial charge on any atom is -0.383 e. The molecule has 0 saturated carbocycles. The Morgan fingerprint density at radius 1 is 1.50 bits per heavy atom. The first-order valence-corrected chi connectivity index (χ1v) is 8.15. The van der Waals surface area contributed by atoms with E-state index in [2.05, 4.69) is 27.3 Å². The number of hydrogen-bond acceptors (Lipinski definition) is 3. The van der Waals surface area contributed by atoms with Crippen LogP contribution in [0, 0.1) is 5.92 Å². The lowest BCUT2D eigenvalue weighted by Gasteiger charge is -2.33. The second-order valence-electron chi connectivity index (χ2n) is 5.06. The molecule has 1 aliphatic heterocycles. The van der Waals surface area contributed by atoms with Gasteiger partial charge < -0.3 is 14.8 Å². The number of ether oxygens (including phenoxy) is 2. The zero-order valence-electron chi connectivity index (χ0n) is 11.7. The van der Waals surface area contributed by atoms with Crippen LogP contribution in [0.15, 0.2) is 22.7 Å². The highest BCUT2D eigenvalue weighted by Crippen LogP contribution is 2.37. The molecular weight excluding hydrogens is 342 g/mol. The van der Waals surface area contributed by atoms with Gasteiger partial charge in [0.25, 0.3) is 0 Å².